The first kappa shape index (κ1) is 13.8. The number of hydrogen-bond donors (Lipinski definition) is 3. The number of para-hydroxylation sites is 1. The first-order chi connectivity index (χ1) is 9.11. The number of thioether (sulfide) groups is 1. The van der Waals surface area contributed by atoms with Gasteiger partial charge in [-0.25, -0.2) is 4.98 Å². The van der Waals surface area contributed by atoms with E-state index in [9.17, 15) is 0 Å². The number of aliphatic hydroxyl groups is 1. The summed E-state index contributed by atoms with van der Waals surface area (Å²) in [5.41, 5.74) is 7.18. The van der Waals surface area contributed by atoms with E-state index in [1.54, 1.807) is 0 Å². The third kappa shape index (κ3) is 3.24. The van der Waals surface area contributed by atoms with Gasteiger partial charge in [-0.2, -0.15) is 0 Å². The van der Waals surface area contributed by atoms with Crippen LogP contribution in [0.25, 0.3) is 10.9 Å². The number of nitrogens with zero attached hydrogens (tertiary/aromatic N) is 1. The van der Waals surface area contributed by atoms with Gasteiger partial charge in [0.1, 0.15) is 10.9 Å². The van der Waals surface area contributed by atoms with E-state index in [1.807, 2.05) is 37.3 Å². The van der Waals surface area contributed by atoms with E-state index in [4.69, 9.17) is 16.2 Å². The maximum atomic E-state index is 9.06. The lowest BCUT2D eigenvalue weighted by Gasteiger charge is -2.11. The fourth-order valence-corrected chi connectivity index (χ4v) is 2.71. The highest BCUT2D eigenvalue weighted by atomic mass is 32.2. The van der Waals surface area contributed by atoms with Gasteiger partial charge in [-0.15, -0.1) is 11.8 Å². The van der Waals surface area contributed by atoms with Gasteiger partial charge in [-0.05, 0) is 18.1 Å². The van der Waals surface area contributed by atoms with Crippen molar-refractivity contribution in [2.75, 3.05) is 12.4 Å². The van der Waals surface area contributed by atoms with E-state index < -0.39 is 0 Å². The SMILES string of the molecule is CC(CO)CSc1nc2ccccc2cc1C(=N)N. The second-order valence-electron chi connectivity index (χ2n) is 4.55. The number of hydrogen-bond acceptors (Lipinski definition) is 4. The van der Waals surface area contributed by atoms with Gasteiger partial charge in [0.2, 0.25) is 0 Å². The molecular weight excluding hydrogens is 258 g/mol. The summed E-state index contributed by atoms with van der Waals surface area (Å²) in [6.07, 6.45) is 0. The van der Waals surface area contributed by atoms with Crippen molar-refractivity contribution in [1.82, 2.24) is 4.98 Å². The Labute approximate surface area is 116 Å². The van der Waals surface area contributed by atoms with E-state index in [-0.39, 0.29) is 18.4 Å². The Hall–Kier alpha value is -1.59. The van der Waals surface area contributed by atoms with Gasteiger partial charge in [-0.1, -0.05) is 25.1 Å². The Bertz CT molecular complexity index is 600. The van der Waals surface area contributed by atoms with Crippen LogP contribution in [0.3, 0.4) is 0 Å². The molecule has 1 atom stereocenters. The van der Waals surface area contributed by atoms with Gasteiger partial charge in [0.25, 0.3) is 0 Å². The van der Waals surface area contributed by atoms with E-state index >= 15 is 0 Å². The lowest BCUT2D eigenvalue weighted by atomic mass is 10.1. The number of nitrogen functional groups attached to an aromatic ring is 1. The molecule has 100 valence electrons. The molecule has 0 spiro atoms. The molecule has 0 amide bonds. The predicted octanol–water partition coefficient (Wildman–Crippen LogP) is 2.24. The molecule has 0 aliphatic carbocycles. The number of pyridine rings is 1. The largest absolute Gasteiger partial charge is 0.396 e. The van der Waals surface area contributed by atoms with Crippen molar-refractivity contribution in [3.8, 4) is 0 Å². The lowest BCUT2D eigenvalue weighted by molar-refractivity contribution is 0.250. The Kier molecular flexibility index (Phi) is 4.39. The maximum absolute atomic E-state index is 9.06. The molecule has 1 unspecified atom stereocenters. The van der Waals surface area contributed by atoms with E-state index in [0.29, 0.717) is 5.56 Å². The molecule has 0 aliphatic heterocycles. The average Bonchev–Trinajstić information content (AvgIpc) is 2.43. The Morgan fingerprint density at radius 1 is 1.47 bits per heavy atom. The summed E-state index contributed by atoms with van der Waals surface area (Å²) in [5, 5.41) is 18.5. The second kappa shape index (κ2) is 6.04. The molecule has 19 heavy (non-hydrogen) atoms. The minimum Gasteiger partial charge on any atom is -0.396 e. The molecule has 0 radical (unpaired) electrons. The number of rotatable bonds is 5. The van der Waals surface area contributed by atoms with Crippen LogP contribution < -0.4 is 5.73 Å². The van der Waals surface area contributed by atoms with Crippen molar-refractivity contribution in [3.63, 3.8) is 0 Å². The summed E-state index contributed by atoms with van der Waals surface area (Å²) >= 11 is 1.53. The van der Waals surface area contributed by atoms with Crippen LogP contribution >= 0.6 is 11.8 Å². The fourth-order valence-electron chi connectivity index (χ4n) is 1.68. The number of benzene rings is 1. The minimum atomic E-state index is 0.0254. The van der Waals surface area contributed by atoms with Crippen LogP contribution in [0.5, 0.6) is 0 Å². The molecule has 0 aliphatic rings. The molecule has 1 aromatic heterocycles. The summed E-state index contributed by atoms with van der Waals surface area (Å²) in [6.45, 7) is 2.12. The molecule has 2 aromatic rings. The summed E-state index contributed by atoms with van der Waals surface area (Å²) < 4.78 is 0. The van der Waals surface area contributed by atoms with Crippen LogP contribution in [0.15, 0.2) is 35.4 Å². The molecule has 5 heteroatoms. The molecule has 4 N–H and O–H groups in total. The molecule has 0 saturated carbocycles. The molecule has 0 bridgehead atoms. The number of nitrogens with two attached hydrogens (primary N) is 1. The van der Waals surface area contributed by atoms with Crippen molar-refractivity contribution in [3.05, 3.63) is 35.9 Å². The highest BCUT2D eigenvalue weighted by Crippen LogP contribution is 2.26. The quantitative estimate of drug-likeness (QED) is 0.444. The zero-order valence-corrected chi connectivity index (χ0v) is 11.6. The highest BCUT2D eigenvalue weighted by molar-refractivity contribution is 7.99. The Morgan fingerprint density at radius 3 is 2.89 bits per heavy atom. The standard InChI is InChI=1S/C14H17N3OS/c1-9(7-18)8-19-14-11(13(15)16)6-10-4-2-3-5-12(10)17-14/h2-6,9,18H,7-8H2,1H3,(H3,15,16). The number of aromatic nitrogens is 1. The first-order valence-electron chi connectivity index (χ1n) is 6.09. The van der Waals surface area contributed by atoms with Crippen molar-refractivity contribution >= 4 is 28.5 Å². The number of nitrogens with one attached hydrogen (secondary N) is 1. The third-order valence-electron chi connectivity index (χ3n) is 2.80. The number of fused-ring (bicyclic) bond motifs is 1. The Morgan fingerprint density at radius 2 is 2.21 bits per heavy atom. The van der Waals surface area contributed by atoms with Gasteiger partial charge < -0.3 is 10.8 Å². The van der Waals surface area contributed by atoms with Gasteiger partial charge >= 0.3 is 0 Å². The van der Waals surface area contributed by atoms with Crippen LogP contribution in [-0.2, 0) is 0 Å². The molecule has 0 saturated heterocycles. The zero-order chi connectivity index (χ0) is 13.8. The predicted molar refractivity (Wildman–Crippen MR) is 79.7 cm³/mol. The smallest absolute Gasteiger partial charge is 0.125 e. The van der Waals surface area contributed by atoms with Gasteiger partial charge in [-0.3, -0.25) is 5.41 Å². The molecule has 1 heterocycles. The van der Waals surface area contributed by atoms with Crippen LogP contribution in [0.2, 0.25) is 0 Å². The van der Waals surface area contributed by atoms with Crippen molar-refractivity contribution in [1.29, 1.82) is 5.41 Å². The monoisotopic (exact) mass is 275 g/mol. The van der Waals surface area contributed by atoms with E-state index in [1.165, 1.54) is 11.8 Å². The van der Waals surface area contributed by atoms with Crippen LogP contribution in [-0.4, -0.2) is 28.3 Å². The molecule has 4 nitrogen and oxygen atoms in total. The van der Waals surface area contributed by atoms with Crippen LogP contribution in [0.4, 0.5) is 0 Å². The van der Waals surface area contributed by atoms with E-state index in [2.05, 4.69) is 4.98 Å². The third-order valence-corrected chi connectivity index (χ3v) is 4.12. The molecule has 2 rings (SSSR count). The summed E-state index contributed by atoms with van der Waals surface area (Å²) in [7, 11) is 0. The highest BCUT2D eigenvalue weighted by Gasteiger charge is 2.11. The van der Waals surface area contributed by atoms with Gasteiger partial charge in [0, 0.05) is 23.3 Å². The maximum Gasteiger partial charge on any atom is 0.125 e. The normalized spacial score (nSPS) is 12.5. The van der Waals surface area contributed by atoms with Crippen molar-refractivity contribution in [2.45, 2.75) is 11.9 Å². The number of amidine groups is 1. The zero-order valence-electron chi connectivity index (χ0n) is 10.8. The lowest BCUT2D eigenvalue weighted by Crippen LogP contribution is -2.14. The average molecular weight is 275 g/mol. The Balaban J connectivity index is 2.39. The molecule has 0 fully saturated rings. The molecule has 1 aromatic carbocycles. The minimum absolute atomic E-state index is 0.0254. The van der Waals surface area contributed by atoms with Crippen molar-refractivity contribution < 1.29 is 5.11 Å². The van der Waals surface area contributed by atoms with Crippen LogP contribution in [0.1, 0.15) is 12.5 Å². The van der Waals surface area contributed by atoms with Crippen molar-refractivity contribution in [2.24, 2.45) is 11.7 Å². The first-order valence-corrected chi connectivity index (χ1v) is 7.08. The van der Waals surface area contributed by atoms with Gasteiger partial charge in [0.05, 0.1) is 5.52 Å². The van der Waals surface area contributed by atoms with E-state index in [0.717, 1.165) is 21.7 Å². The molecular formula is C14H17N3OS. The topological polar surface area (TPSA) is 83.0 Å². The van der Waals surface area contributed by atoms with Crippen LogP contribution in [0, 0.1) is 11.3 Å². The summed E-state index contributed by atoms with van der Waals surface area (Å²) in [6, 6.07) is 9.68. The fraction of sp³-hybridized carbons (Fsp3) is 0.286. The number of aliphatic hydroxyl groups excluding tert-OH is 1. The second-order valence-corrected chi connectivity index (χ2v) is 5.55. The summed E-state index contributed by atoms with van der Waals surface area (Å²) in [4.78, 5) is 4.56. The summed E-state index contributed by atoms with van der Waals surface area (Å²) in [5.74, 6) is 0.970. The van der Waals surface area contributed by atoms with Gasteiger partial charge in [0.15, 0.2) is 0 Å².